The number of hydrogen-bond acceptors (Lipinski definition) is 3. The quantitative estimate of drug-likeness (QED) is 0.322. The second-order valence-corrected chi connectivity index (χ2v) is 7.46. The van der Waals surface area contributed by atoms with E-state index in [0.29, 0.717) is 22.1 Å². The maximum Gasteiger partial charge on any atom is 0.266 e. The highest BCUT2D eigenvalue weighted by Gasteiger charge is 2.15. The zero-order valence-corrected chi connectivity index (χ0v) is 17.3. The molecule has 0 aliphatic carbocycles. The third-order valence-electron chi connectivity index (χ3n) is 4.88. The van der Waals surface area contributed by atoms with Crippen LogP contribution in [0.4, 0.5) is 11.4 Å². The molecule has 31 heavy (non-hydrogen) atoms. The van der Waals surface area contributed by atoms with E-state index in [1.165, 1.54) is 0 Å². The zero-order valence-electron chi connectivity index (χ0n) is 17.3. The summed E-state index contributed by atoms with van der Waals surface area (Å²) in [5, 5.41) is 17.6. The van der Waals surface area contributed by atoms with Crippen molar-refractivity contribution in [2.75, 3.05) is 10.6 Å². The van der Waals surface area contributed by atoms with Gasteiger partial charge in [-0.15, -0.1) is 0 Å². The lowest BCUT2D eigenvalue weighted by molar-refractivity contribution is -0.671. The van der Waals surface area contributed by atoms with Crippen LogP contribution in [0.15, 0.2) is 67.8 Å². The smallest absolute Gasteiger partial charge is 0.266 e. The van der Waals surface area contributed by atoms with Crippen LogP contribution in [0.3, 0.4) is 0 Å². The molecular formula is C22H24N6O3+2. The molecule has 9 heteroatoms. The Morgan fingerprint density at radius 2 is 1.42 bits per heavy atom. The molecular weight excluding hydrogens is 396 g/mol. The van der Waals surface area contributed by atoms with Gasteiger partial charge in [0.2, 0.25) is 12.7 Å². The number of aryl methyl sites for hydroxylation is 2. The summed E-state index contributed by atoms with van der Waals surface area (Å²) in [6, 6.07) is 8.67. The Labute approximate surface area is 178 Å². The first-order valence-corrected chi connectivity index (χ1v) is 9.75. The van der Waals surface area contributed by atoms with Crippen LogP contribution in [-0.4, -0.2) is 26.1 Å². The van der Waals surface area contributed by atoms with E-state index in [-0.39, 0.29) is 30.7 Å². The fourth-order valence-corrected chi connectivity index (χ4v) is 3.45. The van der Waals surface area contributed by atoms with Gasteiger partial charge >= 0.3 is 0 Å². The molecule has 2 amide bonds. The Morgan fingerprint density at radius 1 is 0.839 bits per heavy atom. The first-order chi connectivity index (χ1) is 14.9. The standard InChI is InChI=1S/C22H22N6O3/c1-25-8-10-27(14-25)12-20(29)23-18-5-3-4-17-16(18)6-7-19(22(17)31)24-21(30)13-28-11-9-26(2)15-28/h3-11,14-15H,12-13H2,1-2H3,(H-2,23,24,29,30,31)/p+2. The number of phenolic OH excluding ortho intramolecular Hbond substituents is 1. The molecule has 3 N–H and O–H groups in total. The van der Waals surface area contributed by atoms with Crippen molar-refractivity contribution >= 4 is 34.0 Å². The second kappa shape index (κ2) is 8.31. The highest BCUT2D eigenvalue weighted by atomic mass is 16.3. The summed E-state index contributed by atoms with van der Waals surface area (Å²) in [5.74, 6) is -0.479. The highest BCUT2D eigenvalue weighted by Crippen LogP contribution is 2.36. The molecule has 2 heterocycles. The molecule has 0 saturated carbocycles. The van der Waals surface area contributed by atoms with Crippen molar-refractivity contribution in [2.24, 2.45) is 14.1 Å². The molecule has 0 fully saturated rings. The summed E-state index contributed by atoms with van der Waals surface area (Å²) in [5.41, 5.74) is 0.907. The van der Waals surface area contributed by atoms with Crippen molar-refractivity contribution in [1.29, 1.82) is 0 Å². The SMILES string of the molecule is C[n+]1ccn(CC(=O)Nc2ccc3c(NC(=O)Cn4cc[n+](C)c4)cccc3c2O)c1. The molecule has 0 aliphatic rings. The molecule has 0 bridgehead atoms. The number of rotatable bonds is 6. The molecule has 4 aromatic rings. The maximum atomic E-state index is 12.4. The molecule has 9 nitrogen and oxygen atoms in total. The number of carbonyl (C=O) groups excluding carboxylic acids is 2. The summed E-state index contributed by atoms with van der Waals surface area (Å²) in [7, 11) is 3.76. The van der Waals surface area contributed by atoms with E-state index in [4.69, 9.17) is 0 Å². The number of aromatic nitrogens is 4. The number of imidazole rings is 2. The first-order valence-electron chi connectivity index (χ1n) is 9.75. The van der Waals surface area contributed by atoms with Gasteiger partial charge in [-0.25, -0.2) is 18.3 Å². The van der Waals surface area contributed by atoms with Crippen LogP contribution in [0, 0.1) is 0 Å². The molecule has 0 atom stereocenters. The van der Waals surface area contributed by atoms with Crippen molar-refractivity contribution in [1.82, 2.24) is 9.13 Å². The Bertz CT molecular complexity index is 1270. The minimum atomic E-state index is -0.254. The number of nitrogens with zero attached hydrogens (tertiary/aromatic N) is 4. The fraction of sp³-hybridized carbons (Fsp3) is 0.182. The van der Waals surface area contributed by atoms with Crippen LogP contribution in [-0.2, 0) is 36.8 Å². The van der Waals surface area contributed by atoms with Crippen LogP contribution in [0.5, 0.6) is 5.75 Å². The Balaban J connectivity index is 1.51. The molecule has 0 saturated heterocycles. The van der Waals surface area contributed by atoms with Gasteiger partial charge in [0.1, 0.15) is 30.5 Å². The normalized spacial score (nSPS) is 10.9. The van der Waals surface area contributed by atoms with E-state index < -0.39 is 0 Å². The second-order valence-electron chi connectivity index (χ2n) is 7.46. The lowest BCUT2D eigenvalue weighted by atomic mass is 10.1. The lowest BCUT2D eigenvalue weighted by Crippen LogP contribution is -2.25. The summed E-state index contributed by atoms with van der Waals surface area (Å²) in [6.07, 6.45) is 10.9. The molecule has 158 valence electrons. The van der Waals surface area contributed by atoms with Crippen LogP contribution < -0.4 is 19.8 Å². The van der Waals surface area contributed by atoms with E-state index in [1.807, 2.05) is 48.1 Å². The number of carbonyl (C=O) groups is 2. The number of anilines is 2. The van der Waals surface area contributed by atoms with E-state index in [2.05, 4.69) is 10.6 Å². The molecule has 2 aromatic heterocycles. The molecule has 0 radical (unpaired) electrons. The minimum absolute atomic E-state index is 0.0440. The van der Waals surface area contributed by atoms with E-state index in [1.54, 1.807) is 52.0 Å². The monoisotopic (exact) mass is 420 g/mol. The summed E-state index contributed by atoms with van der Waals surface area (Å²) in [6.45, 7) is 0.306. The van der Waals surface area contributed by atoms with E-state index in [9.17, 15) is 14.7 Å². The predicted molar refractivity (Wildman–Crippen MR) is 114 cm³/mol. The van der Waals surface area contributed by atoms with Gasteiger partial charge in [-0.3, -0.25) is 9.59 Å². The number of hydrogen-bond donors (Lipinski definition) is 3. The van der Waals surface area contributed by atoms with Crippen LogP contribution >= 0.6 is 0 Å². The average Bonchev–Trinajstić information content (AvgIpc) is 3.32. The van der Waals surface area contributed by atoms with Crippen molar-refractivity contribution in [3.8, 4) is 5.75 Å². The van der Waals surface area contributed by atoms with Gasteiger partial charge < -0.3 is 15.7 Å². The summed E-state index contributed by atoms with van der Waals surface area (Å²) in [4.78, 5) is 24.8. The number of aromatic hydroxyl groups is 1. The van der Waals surface area contributed by atoms with Gasteiger partial charge in [0.25, 0.3) is 11.8 Å². The van der Waals surface area contributed by atoms with Gasteiger partial charge in [-0.1, -0.05) is 12.1 Å². The molecule has 0 aliphatic heterocycles. The highest BCUT2D eigenvalue weighted by molar-refractivity contribution is 6.07. The molecule has 0 spiro atoms. The number of amides is 2. The molecule has 0 unspecified atom stereocenters. The van der Waals surface area contributed by atoms with Crippen LogP contribution in [0.1, 0.15) is 0 Å². The van der Waals surface area contributed by atoms with Crippen molar-refractivity contribution in [3.05, 3.63) is 67.8 Å². The van der Waals surface area contributed by atoms with Crippen LogP contribution in [0.25, 0.3) is 10.8 Å². The molecule has 2 aromatic carbocycles. The largest absolute Gasteiger partial charge is 0.505 e. The number of nitrogens with one attached hydrogen (secondary N) is 2. The van der Waals surface area contributed by atoms with Gasteiger partial charge in [0.05, 0.1) is 19.8 Å². The molecule has 4 rings (SSSR count). The van der Waals surface area contributed by atoms with Gasteiger partial charge in [0.15, 0.2) is 13.1 Å². The zero-order chi connectivity index (χ0) is 22.0. The van der Waals surface area contributed by atoms with Gasteiger partial charge in [-0.2, -0.15) is 0 Å². The number of benzene rings is 2. The number of fused-ring (bicyclic) bond motifs is 1. The minimum Gasteiger partial charge on any atom is -0.505 e. The first kappa shape index (κ1) is 20.1. The Kier molecular flexibility index (Phi) is 5.40. The Morgan fingerprint density at radius 3 is 1.97 bits per heavy atom. The van der Waals surface area contributed by atoms with E-state index in [0.717, 1.165) is 0 Å². The fourth-order valence-electron chi connectivity index (χ4n) is 3.45. The van der Waals surface area contributed by atoms with Crippen molar-refractivity contribution in [3.63, 3.8) is 0 Å². The van der Waals surface area contributed by atoms with Gasteiger partial charge in [0, 0.05) is 16.5 Å². The average molecular weight is 420 g/mol. The third kappa shape index (κ3) is 4.55. The maximum absolute atomic E-state index is 12.4. The van der Waals surface area contributed by atoms with Gasteiger partial charge in [-0.05, 0) is 18.2 Å². The Hall–Kier alpha value is -4.14. The lowest BCUT2D eigenvalue weighted by Gasteiger charge is -2.12. The number of phenols is 1. The van der Waals surface area contributed by atoms with Crippen molar-refractivity contribution in [2.45, 2.75) is 13.1 Å². The van der Waals surface area contributed by atoms with Crippen molar-refractivity contribution < 1.29 is 23.8 Å². The summed E-state index contributed by atoms with van der Waals surface area (Å²) >= 11 is 0. The predicted octanol–water partition coefficient (Wildman–Crippen LogP) is 1.07. The third-order valence-corrected chi connectivity index (χ3v) is 4.88. The summed E-state index contributed by atoms with van der Waals surface area (Å²) < 4.78 is 7.21. The topological polar surface area (TPSA) is 96.0 Å². The van der Waals surface area contributed by atoms with E-state index >= 15 is 0 Å². The van der Waals surface area contributed by atoms with Crippen LogP contribution in [0.2, 0.25) is 0 Å².